The molecule has 0 saturated heterocycles. The molecule has 1 unspecified atom stereocenters. The number of amides is 1. The van der Waals surface area contributed by atoms with E-state index in [1.165, 1.54) is 27.4 Å². The third-order valence-corrected chi connectivity index (χ3v) is 8.99. The maximum absolute atomic E-state index is 13.2. The highest BCUT2D eigenvalue weighted by atomic mass is 32.2. The molecule has 8 heteroatoms. The van der Waals surface area contributed by atoms with Gasteiger partial charge in [-0.15, -0.1) is 34.4 Å². The van der Waals surface area contributed by atoms with Gasteiger partial charge in [-0.2, -0.15) is 0 Å². The highest BCUT2D eigenvalue weighted by Crippen LogP contribution is 2.32. The van der Waals surface area contributed by atoms with E-state index in [0.717, 1.165) is 4.88 Å². The third-order valence-electron chi connectivity index (χ3n) is 5.61. The van der Waals surface area contributed by atoms with E-state index in [9.17, 15) is 9.59 Å². The van der Waals surface area contributed by atoms with Crippen LogP contribution < -0.4 is 5.56 Å². The van der Waals surface area contributed by atoms with Gasteiger partial charge in [0.25, 0.3) is 11.5 Å². The molecule has 4 rings (SSSR count). The van der Waals surface area contributed by atoms with Crippen LogP contribution >= 0.6 is 34.4 Å². The van der Waals surface area contributed by atoms with Crippen LogP contribution in [0.25, 0.3) is 10.2 Å². The fraction of sp³-hybridized carbons (Fsp3) is 0.292. The summed E-state index contributed by atoms with van der Waals surface area (Å²) in [5.74, 6) is 1.09. The number of aryl methyl sites for hydroxylation is 3. The Hall–Kier alpha value is -2.42. The summed E-state index contributed by atoms with van der Waals surface area (Å²) in [5, 5.41) is 2.52. The molecule has 4 aromatic rings. The Kier molecular flexibility index (Phi) is 6.55. The molecule has 32 heavy (non-hydrogen) atoms. The lowest BCUT2D eigenvalue weighted by Crippen LogP contribution is -2.29. The lowest BCUT2D eigenvalue weighted by atomic mass is 10.2. The minimum Gasteiger partial charge on any atom is -0.333 e. The molecular weight excluding hydrogens is 458 g/mol. The predicted molar refractivity (Wildman–Crippen MR) is 135 cm³/mol. The zero-order chi connectivity index (χ0) is 23.0. The van der Waals surface area contributed by atoms with Gasteiger partial charge >= 0.3 is 0 Å². The van der Waals surface area contributed by atoms with Crippen molar-refractivity contribution in [2.75, 3.05) is 7.05 Å². The van der Waals surface area contributed by atoms with E-state index in [0.29, 0.717) is 32.2 Å². The minimum absolute atomic E-state index is 0.0390. The van der Waals surface area contributed by atoms with E-state index in [1.807, 2.05) is 31.4 Å². The van der Waals surface area contributed by atoms with E-state index >= 15 is 0 Å². The second kappa shape index (κ2) is 9.21. The summed E-state index contributed by atoms with van der Waals surface area (Å²) in [6, 6.07) is 10.3. The molecule has 0 saturated carbocycles. The van der Waals surface area contributed by atoms with Crippen molar-refractivity contribution in [3.63, 3.8) is 0 Å². The highest BCUT2D eigenvalue weighted by molar-refractivity contribution is 7.98. The minimum atomic E-state index is -0.187. The number of fused-ring (bicyclic) bond motifs is 1. The number of thiophene rings is 2. The van der Waals surface area contributed by atoms with Crippen LogP contribution in [0.5, 0.6) is 0 Å². The molecule has 166 valence electrons. The Morgan fingerprint density at radius 1 is 1.25 bits per heavy atom. The predicted octanol–water partition coefficient (Wildman–Crippen LogP) is 6.10. The van der Waals surface area contributed by atoms with E-state index in [4.69, 9.17) is 4.98 Å². The fourth-order valence-electron chi connectivity index (χ4n) is 3.53. The molecule has 0 radical (unpaired) electrons. The number of nitrogens with zero attached hydrogens (tertiary/aromatic N) is 2. The van der Waals surface area contributed by atoms with Gasteiger partial charge in [-0.1, -0.05) is 23.8 Å². The molecule has 1 amide bonds. The van der Waals surface area contributed by atoms with E-state index in [2.05, 4.69) is 37.0 Å². The van der Waals surface area contributed by atoms with E-state index < -0.39 is 0 Å². The van der Waals surface area contributed by atoms with Gasteiger partial charge in [0.1, 0.15) is 10.7 Å². The zero-order valence-corrected chi connectivity index (χ0v) is 21.1. The smallest absolute Gasteiger partial charge is 0.264 e. The number of aromatic nitrogens is 2. The average Bonchev–Trinajstić information content (AvgIpc) is 3.41. The molecule has 0 aliphatic heterocycles. The number of rotatable bonds is 6. The van der Waals surface area contributed by atoms with Gasteiger partial charge in [-0.05, 0) is 56.3 Å². The van der Waals surface area contributed by atoms with E-state index in [1.54, 1.807) is 35.0 Å². The normalized spacial score (nSPS) is 12.3. The summed E-state index contributed by atoms with van der Waals surface area (Å²) in [4.78, 5) is 38.9. The van der Waals surface area contributed by atoms with Gasteiger partial charge < -0.3 is 9.88 Å². The van der Waals surface area contributed by atoms with Crippen LogP contribution in [0.2, 0.25) is 0 Å². The second-order valence-electron chi connectivity index (χ2n) is 7.91. The van der Waals surface area contributed by atoms with Crippen molar-refractivity contribution < 1.29 is 4.79 Å². The van der Waals surface area contributed by atoms with Crippen molar-refractivity contribution in [1.29, 1.82) is 0 Å². The van der Waals surface area contributed by atoms with Gasteiger partial charge in [-0.25, -0.2) is 4.98 Å². The number of aromatic amines is 1. The number of benzene rings is 1. The van der Waals surface area contributed by atoms with Crippen LogP contribution in [0, 0.1) is 20.8 Å². The molecule has 0 fully saturated rings. The largest absolute Gasteiger partial charge is 0.333 e. The summed E-state index contributed by atoms with van der Waals surface area (Å²) < 4.78 is 0. The Bertz CT molecular complexity index is 1340. The number of carbonyl (C=O) groups excluding carboxylic acids is 1. The molecule has 0 aliphatic rings. The maximum atomic E-state index is 13.2. The van der Waals surface area contributed by atoms with Crippen LogP contribution in [0.3, 0.4) is 0 Å². The summed E-state index contributed by atoms with van der Waals surface area (Å²) in [6.07, 6.45) is 0. The van der Waals surface area contributed by atoms with Crippen molar-refractivity contribution in [1.82, 2.24) is 14.9 Å². The standard InChI is InChI=1S/C24H25N3O2S3/c1-13-8-9-14(2)18(11-13)31-12-19-25-22(28)20-15(3)21(32-23(20)26-19)24(29)27(5)16(4)17-7-6-10-30-17/h6-11,16H,12H2,1-5H3,(H,25,26,28). The van der Waals surface area contributed by atoms with Gasteiger partial charge in [0.05, 0.1) is 22.1 Å². The first-order valence-electron chi connectivity index (χ1n) is 10.3. The summed E-state index contributed by atoms with van der Waals surface area (Å²) >= 11 is 4.59. The van der Waals surface area contributed by atoms with Gasteiger partial charge in [0, 0.05) is 16.8 Å². The average molecular weight is 484 g/mol. The summed E-state index contributed by atoms with van der Waals surface area (Å²) in [5.41, 5.74) is 2.91. The summed E-state index contributed by atoms with van der Waals surface area (Å²) in [6.45, 7) is 7.99. The van der Waals surface area contributed by atoms with Crippen molar-refractivity contribution in [2.24, 2.45) is 0 Å². The van der Waals surface area contributed by atoms with Crippen molar-refractivity contribution in [3.05, 3.63) is 78.3 Å². The number of H-pyrrole nitrogens is 1. The second-order valence-corrected chi connectivity index (χ2v) is 10.9. The number of hydrogen-bond acceptors (Lipinski definition) is 6. The monoisotopic (exact) mass is 483 g/mol. The fourth-order valence-corrected chi connectivity index (χ4v) is 6.53. The lowest BCUT2D eigenvalue weighted by molar-refractivity contribution is 0.0749. The molecule has 5 nitrogen and oxygen atoms in total. The third kappa shape index (κ3) is 4.40. The first-order valence-corrected chi connectivity index (χ1v) is 13.0. The molecule has 1 N–H and O–H groups in total. The quantitative estimate of drug-likeness (QED) is 0.337. The first kappa shape index (κ1) is 22.8. The van der Waals surface area contributed by atoms with Crippen LogP contribution in [-0.2, 0) is 5.75 Å². The number of thioether (sulfide) groups is 1. The van der Waals surface area contributed by atoms with Crippen LogP contribution in [0.4, 0.5) is 0 Å². The lowest BCUT2D eigenvalue weighted by Gasteiger charge is -2.23. The van der Waals surface area contributed by atoms with Gasteiger partial charge in [0.2, 0.25) is 0 Å². The zero-order valence-electron chi connectivity index (χ0n) is 18.7. The molecule has 3 aromatic heterocycles. The molecule has 3 heterocycles. The first-order chi connectivity index (χ1) is 15.3. The maximum Gasteiger partial charge on any atom is 0.264 e. The topological polar surface area (TPSA) is 66.1 Å². The Morgan fingerprint density at radius 2 is 2.03 bits per heavy atom. The van der Waals surface area contributed by atoms with Crippen LogP contribution in [-0.4, -0.2) is 27.8 Å². The number of hydrogen-bond donors (Lipinski definition) is 1. The molecule has 0 bridgehead atoms. The van der Waals surface area contributed by atoms with Crippen molar-refractivity contribution in [3.8, 4) is 0 Å². The van der Waals surface area contributed by atoms with Gasteiger partial charge in [0.15, 0.2) is 0 Å². The molecule has 0 spiro atoms. The van der Waals surface area contributed by atoms with Crippen molar-refractivity contribution >= 4 is 50.6 Å². The highest BCUT2D eigenvalue weighted by Gasteiger charge is 2.25. The van der Waals surface area contributed by atoms with Gasteiger partial charge in [-0.3, -0.25) is 9.59 Å². The number of nitrogens with one attached hydrogen (secondary N) is 1. The van der Waals surface area contributed by atoms with E-state index in [-0.39, 0.29) is 17.5 Å². The number of carbonyl (C=O) groups is 1. The molecule has 1 aromatic carbocycles. The Labute approximate surface area is 199 Å². The Morgan fingerprint density at radius 3 is 2.75 bits per heavy atom. The Balaban J connectivity index is 1.62. The van der Waals surface area contributed by atoms with Crippen LogP contribution in [0.1, 0.15) is 50.0 Å². The SMILES string of the molecule is Cc1ccc(C)c(SCc2nc3sc(C(=O)N(C)C(C)c4cccs4)c(C)c3c(=O)[nH]2)c1. The van der Waals surface area contributed by atoms with Crippen LogP contribution in [0.15, 0.2) is 45.4 Å². The molecule has 1 atom stereocenters. The molecular formula is C24H25N3O2S3. The molecule has 0 aliphatic carbocycles. The summed E-state index contributed by atoms with van der Waals surface area (Å²) in [7, 11) is 1.81. The van der Waals surface area contributed by atoms with Crippen molar-refractivity contribution in [2.45, 2.75) is 44.4 Å².